The average molecular weight is 225 g/mol. The van der Waals surface area contributed by atoms with Gasteiger partial charge in [-0.3, -0.25) is 0 Å². The SMILES string of the molecule is C1CCC2(C1)CC(NC1CCOC1)CCO2. The van der Waals surface area contributed by atoms with E-state index in [4.69, 9.17) is 9.47 Å². The monoisotopic (exact) mass is 225 g/mol. The Morgan fingerprint density at radius 3 is 2.56 bits per heavy atom. The molecule has 3 heteroatoms. The van der Waals surface area contributed by atoms with Crippen LogP contribution in [0.1, 0.15) is 44.9 Å². The third kappa shape index (κ3) is 2.27. The molecule has 1 spiro atoms. The van der Waals surface area contributed by atoms with Crippen molar-refractivity contribution in [2.75, 3.05) is 19.8 Å². The Kier molecular flexibility index (Phi) is 3.18. The molecule has 3 nitrogen and oxygen atoms in total. The number of nitrogens with one attached hydrogen (secondary N) is 1. The smallest absolute Gasteiger partial charge is 0.0697 e. The lowest BCUT2D eigenvalue weighted by atomic mass is 9.88. The van der Waals surface area contributed by atoms with Gasteiger partial charge in [0.1, 0.15) is 0 Å². The fourth-order valence-corrected chi connectivity index (χ4v) is 3.54. The minimum Gasteiger partial charge on any atom is -0.380 e. The van der Waals surface area contributed by atoms with E-state index in [1.165, 1.54) is 44.9 Å². The molecule has 2 heterocycles. The highest BCUT2D eigenvalue weighted by molar-refractivity contribution is 4.94. The minimum absolute atomic E-state index is 0.245. The van der Waals surface area contributed by atoms with E-state index in [0.717, 1.165) is 19.8 Å². The van der Waals surface area contributed by atoms with Crippen molar-refractivity contribution < 1.29 is 9.47 Å². The van der Waals surface area contributed by atoms with E-state index in [-0.39, 0.29) is 5.60 Å². The Bertz CT molecular complexity index is 232. The summed E-state index contributed by atoms with van der Waals surface area (Å²) in [5, 5.41) is 3.76. The molecule has 0 bridgehead atoms. The van der Waals surface area contributed by atoms with Gasteiger partial charge >= 0.3 is 0 Å². The highest BCUT2D eigenvalue weighted by atomic mass is 16.5. The second-order valence-corrected chi connectivity index (χ2v) is 5.66. The summed E-state index contributed by atoms with van der Waals surface area (Å²) in [6.45, 7) is 2.79. The number of hydrogen-bond donors (Lipinski definition) is 1. The third-order valence-corrected chi connectivity index (χ3v) is 4.41. The Morgan fingerprint density at radius 1 is 1.00 bits per heavy atom. The molecule has 92 valence electrons. The van der Waals surface area contributed by atoms with Gasteiger partial charge in [-0.1, -0.05) is 12.8 Å². The summed E-state index contributed by atoms with van der Waals surface area (Å²) in [7, 11) is 0. The second kappa shape index (κ2) is 4.63. The van der Waals surface area contributed by atoms with Gasteiger partial charge in [-0.05, 0) is 32.1 Å². The summed E-state index contributed by atoms with van der Waals surface area (Å²) in [4.78, 5) is 0. The van der Waals surface area contributed by atoms with Crippen LogP contribution in [0, 0.1) is 0 Å². The zero-order valence-corrected chi connectivity index (χ0v) is 10.0. The van der Waals surface area contributed by atoms with Gasteiger partial charge in [0.05, 0.1) is 12.2 Å². The molecule has 2 aliphatic heterocycles. The summed E-state index contributed by atoms with van der Waals surface area (Å²) < 4.78 is 11.5. The summed E-state index contributed by atoms with van der Waals surface area (Å²) in [5.74, 6) is 0. The molecule has 0 aromatic heterocycles. The number of hydrogen-bond acceptors (Lipinski definition) is 3. The van der Waals surface area contributed by atoms with Crippen molar-refractivity contribution in [3.8, 4) is 0 Å². The quantitative estimate of drug-likeness (QED) is 0.778. The van der Waals surface area contributed by atoms with Crippen LogP contribution in [0.4, 0.5) is 0 Å². The fourth-order valence-electron chi connectivity index (χ4n) is 3.54. The Balaban J connectivity index is 1.55. The predicted molar refractivity (Wildman–Crippen MR) is 62.5 cm³/mol. The molecule has 0 amide bonds. The van der Waals surface area contributed by atoms with E-state index in [1.807, 2.05) is 0 Å². The zero-order valence-electron chi connectivity index (χ0n) is 10.0. The third-order valence-electron chi connectivity index (χ3n) is 4.41. The molecule has 2 saturated heterocycles. The van der Waals surface area contributed by atoms with E-state index < -0.39 is 0 Å². The van der Waals surface area contributed by atoms with Crippen LogP contribution in [0.25, 0.3) is 0 Å². The maximum atomic E-state index is 6.05. The molecule has 1 N–H and O–H groups in total. The van der Waals surface area contributed by atoms with Crippen molar-refractivity contribution in [3.05, 3.63) is 0 Å². The van der Waals surface area contributed by atoms with Crippen molar-refractivity contribution in [2.24, 2.45) is 0 Å². The van der Waals surface area contributed by atoms with Crippen LogP contribution in [0.15, 0.2) is 0 Å². The van der Waals surface area contributed by atoms with Gasteiger partial charge in [0, 0.05) is 25.3 Å². The van der Waals surface area contributed by atoms with Crippen molar-refractivity contribution in [1.82, 2.24) is 5.32 Å². The molecule has 16 heavy (non-hydrogen) atoms. The number of ether oxygens (including phenoxy) is 2. The maximum absolute atomic E-state index is 6.05. The fraction of sp³-hybridized carbons (Fsp3) is 1.00. The van der Waals surface area contributed by atoms with Gasteiger partial charge in [0.25, 0.3) is 0 Å². The van der Waals surface area contributed by atoms with Gasteiger partial charge in [-0.15, -0.1) is 0 Å². The maximum Gasteiger partial charge on any atom is 0.0697 e. The molecular weight excluding hydrogens is 202 g/mol. The molecule has 0 radical (unpaired) electrons. The van der Waals surface area contributed by atoms with Crippen LogP contribution < -0.4 is 5.32 Å². The van der Waals surface area contributed by atoms with E-state index in [2.05, 4.69) is 5.32 Å². The first-order valence-corrected chi connectivity index (χ1v) is 6.84. The van der Waals surface area contributed by atoms with Gasteiger partial charge in [-0.2, -0.15) is 0 Å². The minimum atomic E-state index is 0.245. The zero-order chi connectivity index (χ0) is 10.8. The van der Waals surface area contributed by atoms with Crippen LogP contribution in [0.2, 0.25) is 0 Å². The van der Waals surface area contributed by atoms with Crippen LogP contribution in [0.3, 0.4) is 0 Å². The molecule has 3 rings (SSSR count). The van der Waals surface area contributed by atoms with Crippen LogP contribution in [-0.4, -0.2) is 37.5 Å². The van der Waals surface area contributed by atoms with Crippen LogP contribution >= 0.6 is 0 Å². The average Bonchev–Trinajstić information content (AvgIpc) is 2.91. The van der Waals surface area contributed by atoms with E-state index in [0.29, 0.717) is 12.1 Å². The van der Waals surface area contributed by atoms with E-state index in [1.54, 1.807) is 0 Å². The topological polar surface area (TPSA) is 30.5 Å². The lowest BCUT2D eigenvalue weighted by molar-refractivity contribution is -0.0847. The van der Waals surface area contributed by atoms with Gasteiger partial charge in [0.15, 0.2) is 0 Å². The molecule has 1 aliphatic carbocycles. The first kappa shape index (κ1) is 11.0. The standard InChI is InChI=1S/C13H23NO2/c1-2-6-13(5-1)9-11(4-8-16-13)14-12-3-7-15-10-12/h11-12,14H,1-10H2. The predicted octanol–water partition coefficient (Wildman–Crippen LogP) is 1.86. The summed E-state index contributed by atoms with van der Waals surface area (Å²) in [6.07, 6.45) is 8.88. The largest absolute Gasteiger partial charge is 0.380 e. The Morgan fingerprint density at radius 2 is 1.81 bits per heavy atom. The normalized spacial score (nSPS) is 38.2. The van der Waals surface area contributed by atoms with Crippen molar-refractivity contribution in [2.45, 2.75) is 62.6 Å². The van der Waals surface area contributed by atoms with Gasteiger partial charge in [-0.25, -0.2) is 0 Å². The lowest BCUT2D eigenvalue weighted by Crippen LogP contribution is -2.48. The Labute approximate surface area is 97.9 Å². The first-order valence-electron chi connectivity index (χ1n) is 6.84. The summed E-state index contributed by atoms with van der Waals surface area (Å²) in [6, 6.07) is 1.26. The van der Waals surface area contributed by atoms with Gasteiger partial charge in [0.2, 0.25) is 0 Å². The van der Waals surface area contributed by atoms with E-state index in [9.17, 15) is 0 Å². The molecular formula is C13H23NO2. The van der Waals surface area contributed by atoms with Crippen LogP contribution in [-0.2, 0) is 9.47 Å². The highest BCUT2D eigenvalue weighted by Crippen LogP contribution is 2.40. The molecule has 3 fully saturated rings. The molecule has 1 saturated carbocycles. The molecule has 2 atom stereocenters. The van der Waals surface area contributed by atoms with Crippen molar-refractivity contribution in [1.29, 1.82) is 0 Å². The Hall–Kier alpha value is -0.120. The first-order chi connectivity index (χ1) is 7.86. The van der Waals surface area contributed by atoms with Crippen molar-refractivity contribution >= 4 is 0 Å². The van der Waals surface area contributed by atoms with E-state index >= 15 is 0 Å². The number of rotatable bonds is 2. The second-order valence-electron chi connectivity index (χ2n) is 5.66. The molecule has 0 aromatic rings. The molecule has 0 aromatic carbocycles. The van der Waals surface area contributed by atoms with Crippen molar-refractivity contribution in [3.63, 3.8) is 0 Å². The van der Waals surface area contributed by atoms with Gasteiger partial charge < -0.3 is 14.8 Å². The summed E-state index contributed by atoms with van der Waals surface area (Å²) in [5.41, 5.74) is 0.245. The summed E-state index contributed by atoms with van der Waals surface area (Å²) >= 11 is 0. The highest BCUT2D eigenvalue weighted by Gasteiger charge is 2.40. The lowest BCUT2D eigenvalue weighted by Gasteiger charge is -2.39. The molecule has 3 aliphatic rings. The molecule has 2 unspecified atom stereocenters. The van der Waals surface area contributed by atoms with Crippen LogP contribution in [0.5, 0.6) is 0 Å².